The molecule has 3 rings (SSSR count). The van der Waals surface area contributed by atoms with Gasteiger partial charge in [-0.1, -0.05) is 0 Å². The fourth-order valence-corrected chi connectivity index (χ4v) is 4.18. The molecule has 3 N–H and O–H groups in total. The summed E-state index contributed by atoms with van der Waals surface area (Å²) in [6.07, 6.45) is 2.72. The van der Waals surface area contributed by atoms with Crippen LogP contribution in [0.15, 0.2) is 23.6 Å². The van der Waals surface area contributed by atoms with Crippen molar-refractivity contribution in [3.05, 3.63) is 18.6 Å². The number of carbonyl (C=O) groups is 1. The summed E-state index contributed by atoms with van der Waals surface area (Å²) >= 11 is 0. The third-order valence-electron chi connectivity index (χ3n) is 3.91. The van der Waals surface area contributed by atoms with Crippen LogP contribution in [0.5, 0.6) is 0 Å². The summed E-state index contributed by atoms with van der Waals surface area (Å²) in [7, 11) is -9.01. The van der Waals surface area contributed by atoms with E-state index in [1.807, 2.05) is 0 Å². The predicted octanol–water partition coefficient (Wildman–Crippen LogP) is -1.26. The molecule has 0 saturated carbocycles. The number of amides is 2. The highest BCUT2D eigenvalue weighted by Crippen LogP contribution is 2.30. The van der Waals surface area contributed by atoms with Crippen molar-refractivity contribution >= 4 is 32.3 Å². The lowest BCUT2D eigenvalue weighted by atomic mass is 10.0. The van der Waals surface area contributed by atoms with E-state index < -0.39 is 44.4 Å². The molecule has 0 spiro atoms. The van der Waals surface area contributed by atoms with Crippen molar-refractivity contribution in [1.29, 1.82) is 5.41 Å². The normalized spacial score (nSPS) is 23.2. The summed E-state index contributed by atoms with van der Waals surface area (Å²) < 4.78 is 61.3. The van der Waals surface area contributed by atoms with E-state index >= 15 is 0 Å². The third-order valence-corrected chi connectivity index (χ3v) is 5.53. The zero-order valence-electron chi connectivity index (χ0n) is 13.0. The van der Waals surface area contributed by atoms with Crippen molar-refractivity contribution in [3.8, 4) is 0 Å². The van der Waals surface area contributed by atoms with E-state index in [4.69, 9.17) is 9.96 Å². The first kappa shape index (κ1) is 18.4. The summed E-state index contributed by atoms with van der Waals surface area (Å²) in [4.78, 5) is 20.6. The topological polar surface area (TPSA) is 183 Å². The van der Waals surface area contributed by atoms with Gasteiger partial charge in [0.15, 0.2) is 5.03 Å². The van der Waals surface area contributed by atoms with Crippen LogP contribution in [0.3, 0.4) is 0 Å². The lowest BCUT2D eigenvalue weighted by Crippen LogP contribution is -2.50. The van der Waals surface area contributed by atoms with Gasteiger partial charge in [-0.05, 0) is 18.9 Å². The highest BCUT2D eigenvalue weighted by molar-refractivity contribution is 7.90. The van der Waals surface area contributed by atoms with Gasteiger partial charge in [0.25, 0.3) is 10.0 Å². The maximum absolute atomic E-state index is 12.3. The van der Waals surface area contributed by atoms with Gasteiger partial charge in [0, 0.05) is 12.7 Å². The molecule has 0 aromatic carbocycles. The van der Waals surface area contributed by atoms with Gasteiger partial charge in [-0.25, -0.2) is 14.8 Å². The minimum absolute atomic E-state index is 0.0244. The number of carbonyl (C=O) groups excluding carboxylic acids is 1. The maximum atomic E-state index is 12.3. The van der Waals surface area contributed by atoms with Crippen LogP contribution in [0.1, 0.15) is 12.8 Å². The maximum Gasteiger partial charge on any atom is 0.418 e. The minimum atomic E-state index is -4.88. The number of amidine groups is 1. The molecule has 2 aliphatic rings. The second-order valence-corrected chi connectivity index (χ2v) is 8.21. The van der Waals surface area contributed by atoms with Crippen LogP contribution in [0, 0.1) is 5.41 Å². The van der Waals surface area contributed by atoms with Crippen LogP contribution < -0.4 is 4.72 Å². The highest BCUT2D eigenvalue weighted by atomic mass is 32.3. The zero-order chi connectivity index (χ0) is 19.1. The minimum Gasteiger partial charge on any atom is -0.310 e. The van der Waals surface area contributed by atoms with E-state index in [2.05, 4.69) is 19.0 Å². The second-order valence-electron chi connectivity index (χ2n) is 5.58. The summed E-state index contributed by atoms with van der Waals surface area (Å²) in [5, 5.41) is 8.20. The van der Waals surface area contributed by atoms with Crippen molar-refractivity contribution in [2.75, 3.05) is 6.54 Å². The van der Waals surface area contributed by atoms with E-state index in [1.165, 1.54) is 6.20 Å². The van der Waals surface area contributed by atoms with E-state index in [0.717, 1.165) is 17.3 Å². The number of fused-ring (bicyclic) bond motifs is 2. The molecule has 26 heavy (non-hydrogen) atoms. The lowest BCUT2D eigenvalue weighted by molar-refractivity contribution is -0.0316. The number of nitrogens with one attached hydrogen (secondary N) is 2. The highest BCUT2D eigenvalue weighted by Gasteiger charge is 2.48. The third kappa shape index (κ3) is 3.59. The Balaban J connectivity index is 1.75. The van der Waals surface area contributed by atoms with Crippen molar-refractivity contribution in [3.63, 3.8) is 0 Å². The van der Waals surface area contributed by atoms with E-state index in [0.29, 0.717) is 5.06 Å². The fourth-order valence-electron chi connectivity index (χ4n) is 2.83. The van der Waals surface area contributed by atoms with Gasteiger partial charge in [0.1, 0.15) is 12.2 Å². The number of aromatic nitrogens is 2. The predicted molar refractivity (Wildman–Crippen MR) is 83.5 cm³/mol. The van der Waals surface area contributed by atoms with Gasteiger partial charge in [0.05, 0.1) is 12.1 Å². The van der Waals surface area contributed by atoms with E-state index in [-0.39, 0.29) is 24.4 Å². The van der Waals surface area contributed by atoms with Crippen LogP contribution in [0.25, 0.3) is 0 Å². The Morgan fingerprint density at radius 2 is 2.08 bits per heavy atom. The Kier molecular flexibility index (Phi) is 4.55. The molecule has 2 bridgehead atoms. The second kappa shape index (κ2) is 6.42. The Hall–Kier alpha value is -2.36. The molecular formula is C11H14N6O7S2. The lowest BCUT2D eigenvalue weighted by Gasteiger charge is -2.30. The van der Waals surface area contributed by atoms with Gasteiger partial charge < -0.3 is 4.90 Å². The molecule has 2 aliphatic heterocycles. The quantitative estimate of drug-likeness (QED) is 0.232. The number of piperidine rings is 1. The summed E-state index contributed by atoms with van der Waals surface area (Å²) in [6.45, 7) is 0.0244. The molecule has 2 saturated heterocycles. The molecule has 2 unspecified atom stereocenters. The van der Waals surface area contributed by atoms with Crippen molar-refractivity contribution < 1.29 is 30.5 Å². The Bertz CT molecular complexity index is 935. The molecule has 0 aliphatic carbocycles. The first-order valence-electron chi connectivity index (χ1n) is 7.22. The monoisotopic (exact) mass is 406 g/mol. The van der Waals surface area contributed by atoms with Gasteiger partial charge >= 0.3 is 16.4 Å². The zero-order valence-corrected chi connectivity index (χ0v) is 14.6. The van der Waals surface area contributed by atoms with Crippen LogP contribution in [-0.4, -0.2) is 71.8 Å². The van der Waals surface area contributed by atoms with Gasteiger partial charge in [-0.3, -0.25) is 14.7 Å². The van der Waals surface area contributed by atoms with E-state index in [9.17, 15) is 21.6 Å². The smallest absolute Gasteiger partial charge is 0.310 e. The SMILES string of the molecule is N=C(NS(=O)(=O)c1ccncn1)C1CCC2CN1C(=O)N2OS(=O)(=O)O. The van der Waals surface area contributed by atoms with Crippen molar-refractivity contribution in [2.45, 2.75) is 30.0 Å². The molecule has 142 valence electrons. The molecule has 3 heterocycles. The van der Waals surface area contributed by atoms with Crippen LogP contribution in [0.4, 0.5) is 4.79 Å². The first-order chi connectivity index (χ1) is 12.1. The molecule has 2 atom stereocenters. The number of rotatable bonds is 5. The number of hydrogen-bond donors (Lipinski definition) is 3. The summed E-state index contributed by atoms with van der Waals surface area (Å²) in [5.41, 5.74) is 0. The van der Waals surface area contributed by atoms with Crippen molar-refractivity contribution in [2.24, 2.45) is 0 Å². The molecule has 1 aromatic rings. The summed E-state index contributed by atoms with van der Waals surface area (Å²) in [5.74, 6) is -0.468. The Morgan fingerprint density at radius 1 is 1.35 bits per heavy atom. The molecule has 0 radical (unpaired) electrons. The summed E-state index contributed by atoms with van der Waals surface area (Å²) in [6, 6.07) is -1.30. The average molecular weight is 406 g/mol. The molecule has 1 aromatic heterocycles. The van der Waals surface area contributed by atoms with Crippen LogP contribution in [-0.2, 0) is 24.7 Å². The number of hydroxylamine groups is 2. The first-order valence-corrected chi connectivity index (χ1v) is 10.1. The average Bonchev–Trinajstić information content (AvgIpc) is 2.79. The van der Waals surface area contributed by atoms with Crippen LogP contribution in [0.2, 0.25) is 0 Å². The van der Waals surface area contributed by atoms with Crippen molar-refractivity contribution in [1.82, 2.24) is 24.7 Å². The number of hydrogen-bond acceptors (Lipinski definition) is 9. The van der Waals surface area contributed by atoms with Crippen LogP contribution >= 0.6 is 0 Å². The largest absolute Gasteiger partial charge is 0.418 e. The molecule has 2 fully saturated rings. The van der Waals surface area contributed by atoms with Gasteiger partial charge in [0.2, 0.25) is 0 Å². The van der Waals surface area contributed by atoms with E-state index in [1.54, 1.807) is 0 Å². The Morgan fingerprint density at radius 3 is 2.69 bits per heavy atom. The van der Waals surface area contributed by atoms with Gasteiger partial charge in [-0.15, -0.1) is 4.28 Å². The Labute approximate surface area is 148 Å². The number of sulfonamides is 1. The molecular weight excluding hydrogens is 392 g/mol. The fraction of sp³-hybridized carbons (Fsp3) is 0.455. The standard InChI is InChI=1S/C11H14N6O7S2/c12-10(15-25(19,20)9-3-4-13-6-14-9)8-2-1-7-5-16(8)11(18)17(7)24-26(21,22)23/h3-4,6-8H,1-2,5H2,(H2,12,15)(H,21,22,23). The molecule has 13 nitrogen and oxygen atoms in total. The number of urea groups is 1. The van der Waals surface area contributed by atoms with Gasteiger partial charge in [-0.2, -0.15) is 21.9 Å². The molecule has 2 amide bonds. The number of nitrogens with zero attached hydrogens (tertiary/aromatic N) is 4. The molecule has 15 heteroatoms.